The SMILES string of the molecule is Cc1cc(CNC(C)(C)C)ccc1-n1ccc(C(N)=O)n1. The van der Waals surface area contributed by atoms with Crippen LogP contribution in [0.1, 0.15) is 42.4 Å². The molecule has 0 saturated carbocycles. The summed E-state index contributed by atoms with van der Waals surface area (Å²) in [6, 6.07) is 7.82. The minimum absolute atomic E-state index is 0.0882. The Balaban J connectivity index is 2.20. The maximum Gasteiger partial charge on any atom is 0.269 e. The summed E-state index contributed by atoms with van der Waals surface area (Å²) in [5.74, 6) is -0.516. The lowest BCUT2D eigenvalue weighted by Crippen LogP contribution is -2.35. The van der Waals surface area contributed by atoms with E-state index in [1.54, 1.807) is 16.9 Å². The number of hydrogen-bond acceptors (Lipinski definition) is 3. The highest BCUT2D eigenvalue weighted by Crippen LogP contribution is 2.16. The summed E-state index contributed by atoms with van der Waals surface area (Å²) < 4.78 is 1.68. The van der Waals surface area contributed by atoms with Crippen molar-refractivity contribution in [2.24, 2.45) is 5.73 Å². The predicted octanol–water partition coefficient (Wildman–Crippen LogP) is 2.17. The number of hydrogen-bond donors (Lipinski definition) is 2. The monoisotopic (exact) mass is 286 g/mol. The molecular weight excluding hydrogens is 264 g/mol. The van der Waals surface area contributed by atoms with Gasteiger partial charge in [-0.15, -0.1) is 0 Å². The largest absolute Gasteiger partial charge is 0.364 e. The molecule has 5 heteroatoms. The fraction of sp³-hybridized carbons (Fsp3) is 0.375. The molecule has 0 fully saturated rings. The predicted molar refractivity (Wildman–Crippen MR) is 83.4 cm³/mol. The summed E-state index contributed by atoms with van der Waals surface area (Å²) in [5.41, 5.74) is 8.85. The Bertz CT molecular complexity index is 653. The van der Waals surface area contributed by atoms with Crippen molar-refractivity contribution >= 4 is 5.91 Å². The van der Waals surface area contributed by atoms with E-state index >= 15 is 0 Å². The van der Waals surface area contributed by atoms with Crippen LogP contribution in [0.2, 0.25) is 0 Å². The lowest BCUT2D eigenvalue weighted by molar-refractivity contribution is 0.0995. The van der Waals surface area contributed by atoms with Gasteiger partial charge in [0.2, 0.25) is 0 Å². The summed E-state index contributed by atoms with van der Waals surface area (Å²) in [5, 5.41) is 7.64. The molecule has 1 amide bonds. The molecule has 0 radical (unpaired) electrons. The molecule has 2 aromatic rings. The highest BCUT2D eigenvalue weighted by Gasteiger charge is 2.10. The number of aromatic nitrogens is 2. The van der Waals surface area contributed by atoms with Gasteiger partial charge in [-0.3, -0.25) is 4.79 Å². The zero-order chi connectivity index (χ0) is 15.6. The molecule has 0 saturated heterocycles. The van der Waals surface area contributed by atoms with Crippen molar-refractivity contribution in [3.63, 3.8) is 0 Å². The molecule has 0 atom stereocenters. The molecule has 0 unspecified atom stereocenters. The van der Waals surface area contributed by atoms with Crippen LogP contribution in [0.3, 0.4) is 0 Å². The topological polar surface area (TPSA) is 72.9 Å². The van der Waals surface area contributed by atoms with Gasteiger partial charge in [0, 0.05) is 18.3 Å². The summed E-state index contributed by atoms with van der Waals surface area (Å²) in [7, 11) is 0. The van der Waals surface area contributed by atoms with Crippen LogP contribution < -0.4 is 11.1 Å². The first-order valence-corrected chi connectivity index (χ1v) is 6.97. The van der Waals surface area contributed by atoms with Crippen molar-refractivity contribution in [2.45, 2.75) is 39.8 Å². The molecular formula is C16H22N4O. The standard InChI is InChI=1S/C16H22N4O/c1-11-9-12(10-18-16(2,3)4)5-6-14(11)20-8-7-13(19-20)15(17)21/h5-9,18H,10H2,1-4H3,(H2,17,21). The number of rotatable bonds is 4. The smallest absolute Gasteiger partial charge is 0.269 e. The van der Waals surface area contributed by atoms with Gasteiger partial charge in [-0.1, -0.05) is 12.1 Å². The molecule has 1 aromatic carbocycles. The van der Waals surface area contributed by atoms with Crippen LogP contribution in [0.5, 0.6) is 0 Å². The number of nitrogens with zero attached hydrogens (tertiary/aromatic N) is 2. The first kappa shape index (κ1) is 15.3. The lowest BCUT2D eigenvalue weighted by atomic mass is 10.1. The zero-order valence-electron chi connectivity index (χ0n) is 13.0. The van der Waals surface area contributed by atoms with E-state index in [0.29, 0.717) is 0 Å². The van der Waals surface area contributed by atoms with Crippen LogP contribution in [-0.4, -0.2) is 21.2 Å². The first-order chi connectivity index (χ1) is 9.76. The Labute approximate surface area is 125 Å². The molecule has 0 bridgehead atoms. The third kappa shape index (κ3) is 3.92. The van der Waals surface area contributed by atoms with E-state index in [1.165, 1.54) is 5.56 Å². The van der Waals surface area contributed by atoms with Gasteiger partial charge in [-0.25, -0.2) is 4.68 Å². The number of carbonyl (C=O) groups is 1. The van der Waals surface area contributed by atoms with Crippen LogP contribution in [0.15, 0.2) is 30.5 Å². The second-order valence-electron chi connectivity index (χ2n) is 6.23. The third-order valence-electron chi connectivity index (χ3n) is 3.17. The Morgan fingerprint density at radius 1 is 1.33 bits per heavy atom. The van der Waals surface area contributed by atoms with Gasteiger partial charge in [-0.05, 0) is 51.0 Å². The molecule has 112 valence electrons. The Morgan fingerprint density at radius 2 is 2.05 bits per heavy atom. The summed E-state index contributed by atoms with van der Waals surface area (Å²) in [6.45, 7) is 9.27. The normalized spacial score (nSPS) is 11.6. The van der Waals surface area contributed by atoms with E-state index in [4.69, 9.17) is 5.73 Å². The van der Waals surface area contributed by atoms with E-state index in [1.807, 2.05) is 13.0 Å². The van der Waals surface area contributed by atoms with Gasteiger partial charge in [0.1, 0.15) is 5.69 Å². The molecule has 1 aromatic heterocycles. The maximum atomic E-state index is 11.1. The summed E-state index contributed by atoms with van der Waals surface area (Å²) in [4.78, 5) is 11.1. The molecule has 5 nitrogen and oxygen atoms in total. The zero-order valence-corrected chi connectivity index (χ0v) is 13.0. The molecule has 2 rings (SSSR count). The van der Waals surface area contributed by atoms with Gasteiger partial charge in [0.05, 0.1) is 5.69 Å². The Hall–Kier alpha value is -2.14. The number of carbonyl (C=O) groups excluding carboxylic acids is 1. The molecule has 0 aliphatic carbocycles. The van der Waals surface area contributed by atoms with Crippen molar-refractivity contribution in [2.75, 3.05) is 0 Å². The minimum atomic E-state index is -0.516. The van der Waals surface area contributed by atoms with E-state index in [2.05, 4.69) is 43.3 Å². The Morgan fingerprint density at radius 3 is 2.57 bits per heavy atom. The first-order valence-electron chi connectivity index (χ1n) is 6.97. The van der Waals surface area contributed by atoms with Crippen LogP contribution in [-0.2, 0) is 6.54 Å². The molecule has 0 spiro atoms. The van der Waals surface area contributed by atoms with Crippen molar-refractivity contribution < 1.29 is 4.79 Å². The molecule has 0 aliphatic heterocycles. The van der Waals surface area contributed by atoms with E-state index in [0.717, 1.165) is 17.8 Å². The fourth-order valence-corrected chi connectivity index (χ4v) is 2.04. The number of primary amides is 1. The van der Waals surface area contributed by atoms with Crippen LogP contribution in [0.25, 0.3) is 5.69 Å². The quantitative estimate of drug-likeness (QED) is 0.904. The fourth-order valence-electron chi connectivity index (χ4n) is 2.04. The van der Waals surface area contributed by atoms with Crippen LogP contribution in [0.4, 0.5) is 0 Å². The average Bonchev–Trinajstić information content (AvgIpc) is 2.85. The molecule has 1 heterocycles. The molecule has 0 aliphatic rings. The van der Waals surface area contributed by atoms with Crippen molar-refractivity contribution in [3.8, 4) is 5.69 Å². The van der Waals surface area contributed by atoms with Gasteiger partial charge >= 0.3 is 0 Å². The lowest BCUT2D eigenvalue weighted by Gasteiger charge is -2.21. The number of nitrogens with two attached hydrogens (primary N) is 1. The van der Waals surface area contributed by atoms with Crippen LogP contribution >= 0.6 is 0 Å². The minimum Gasteiger partial charge on any atom is -0.364 e. The average molecular weight is 286 g/mol. The second kappa shape index (κ2) is 5.69. The maximum absolute atomic E-state index is 11.1. The van der Waals surface area contributed by atoms with Crippen LogP contribution in [0, 0.1) is 6.92 Å². The highest BCUT2D eigenvalue weighted by molar-refractivity contribution is 5.90. The third-order valence-corrected chi connectivity index (χ3v) is 3.17. The van der Waals surface area contributed by atoms with Crippen molar-refractivity contribution in [1.29, 1.82) is 0 Å². The van der Waals surface area contributed by atoms with E-state index < -0.39 is 5.91 Å². The van der Waals surface area contributed by atoms with E-state index in [9.17, 15) is 4.79 Å². The summed E-state index contributed by atoms with van der Waals surface area (Å²) >= 11 is 0. The van der Waals surface area contributed by atoms with Gasteiger partial charge in [0.25, 0.3) is 5.91 Å². The molecule has 21 heavy (non-hydrogen) atoms. The Kier molecular flexibility index (Phi) is 4.14. The summed E-state index contributed by atoms with van der Waals surface area (Å²) in [6.07, 6.45) is 1.75. The van der Waals surface area contributed by atoms with Gasteiger partial charge in [-0.2, -0.15) is 5.10 Å². The van der Waals surface area contributed by atoms with E-state index in [-0.39, 0.29) is 11.2 Å². The highest BCUT2D eigenvalue weighted by atomic mass is 16.1. The van der Waals surface area contributed by atoms with Gasteiger partial charge in [0.15, 0.2) is 0 Å². The van der Waals surface area contributed by atoms with Gasteiger partial charge < -0.3 is 11.1 Å². The van der Waals surface area contributed by atoms with Crippen molar-refractivity contribution in [1.82, 2.24) is 15.1 Å². The molecule has 3 N–H and O–H groups in total. The number of benzene rings is 1. The number of amides is 1. The number of aryl methyl sites for hydroxylation is 1. The number of nitrogens with one attached hydrogen (secondary N) is 1. The van der Waals surface area contributed by atoms with Crippen molar-refractivity contribution in [3.05, 3.63) is 47.3 Å². The second-order valence-corrected chi connectivity index (χ2v) is 6.23.